The number of pyridine rings is 1. The molecule has 0 aliphatic rings. The number of carbonyl (C=O) groups is 1. The molecule has 0 bridgehead atoms. The zero-order valence-electron chi connectivity index (χ0n) is 16.4. The Bertz CT molecular complexity index is 954. The Morgan fingerprint density at radius 3 is 2.61 bits per heavy atom. The first-order valence-corrected chi connectivity index (χ1v) is 9.34. The quantitative estimate of drug-likeness (QED) is 0.620. The first-order valence-electron chi connectivity index (χ1n) is 9.34. The Hall–Kier alpha value is -3.34. The van der Waals surface area contributed by atoms with Crippen LogP contribution < -0.4 is 15.4 Å². The van der Waals surface area contributed by atoms with E-state index in [1.807, 2.05) is 69.3 Å². The van der Waals surface area contributed by atoms with Crippen molar-refractivity contribution in [3.05, 3.63) is 83.6 Å². The number of aromatic nitrogens is 1. The Kier molecular flexibility index (Phi) is 6.27. The first kappa shape index (κ1) is 19.4. The number of carbonyl (C=O) groups excluding carboxylic acids is 1. The minimum absolute atomic E-state index is 0.0643. The topological polar surface area (TPSA) is 63.2 Å². The lowest BCUT2D eigenvalue weighted by Gasteiger charge is -2.15. The molecule has 0 unspecified atom stereocenters. The van der Waals surface area contributed by atoms with E-state index >= 15 is 0 Å². The van der Waals surface area contributed by atoms with Crippen molar-refractivity contribution in [3.8, 4) is 5.75 Å². The number of nitrogens with one attached hydrogen (secondary N) is 2. The predicted molar refractivity (Wildman–Crippen MR) is 112 cm³/mol. The van der Waals surface area contributed by atoms with E-state index in [2.05, 4.69) is 15.6 Å². The summed E-state index contributed by atoms with van der Waals surface area (Å²) in [5.41, 5.74) is 3.61. The molecule has 0 radical (unpaired) electrons. The molecule has 0 atom stereocenters. The molecule has 2 N–H and O–H groups in total. The van der Waals surface area contributed by atoms with Gasteiger partial charge in [-0.05, 0) is 56.2 Å². The zero-order chi connectivity index (χ0) is 19.9. The third-order valence-electron chi connectivity index (χ3n) is 4.24. The summed E-state index contributed by atoms with van der Waals surface area (Å²) in [6.07, 6.45) is 1.69. The van der Waals surface area contributed by atoms with E-state index in [1.165, 1.54) is 0 Å². The predicted octanol–water partition coefficient (Wildman–Crippen LogP) is 4.85. The lowest BCUT2D eigenvalue weighted by atomic mass is 10.1. The highest BCUT2D eigenvalue weighted by atomic mass is 16.5. The van der Waals surface area contributed by atoms with Crippen LogP contribution in [0.5, 0.6) is 5.75 Å². The monoisotopic (exact) mass is 375 g/mol. The van der Waals surface area contributed by atoms with Crippen LogP contribution in [0.15, 0.2) is 66.9 Å². The summed E-state index contributed by atoms with van der Waals surface area (Å²) in [6.45, 7) is 6.48. The number of anilines is 2. The van der Waals surface area contributed by atoms with Crippen molar-refractivity contribution >= 4 is 17.4 Å². The van der Waals surface area contributed by atoms with Crippen molar-refractivity contribution in [1.82, 2.24) is 10.3 Å². The van der Waals surface area contributed by atoms with Gasteiger partial charge in [-0.3, -0.25) is 4.79 Å². The van der Waals surface area contributed by atoms with Crippen LogP contribution >= 0.6 is 0 Å². The van der Waals surface area contributed by atoms with E-state index in [4.69, 9.17) is 4.74 Å². The average molecular weight is 375 g/mol. The fraction of sp³-hybridized carbons (Fsp3) is 0.217. The van der Waals surface area contributed by atoms with Gasteiger partial charge in [-0.25, -0.2) is 4.98 Å². The molecular weight excluding hydrogens is 350 g/mol. The fourth-order valence-corrected chi connectivity index (χ4v) is 2.79. The van der Waals surface area contributed by atoms with Crippen molar-refractivity contribution in [1.29, 1.82) is 0 Å². The first-order chi connectivity index (χ1) is 13.5. The normalized spacial score (nSPS) is 10.6. The second-order valence-electron chi connectivity index (χ2n) is 6.83. The largest absolute Gasteiger partial charge is 0.489 e. The van der Waals surface area contributed by atoms with Crippen LogP contribution in [-0.2, 0) is 6.54 Å². The third-order valence-corrected chi connectivity index (χ3v) is 4.24. The molecule has 3 rings (SSSR count). The Balaban J connectivity index is 1.70. The van der Waals surface area contributed by atoms with Gasteiger partial charge in [0, 0.05) is 18.3 Å². The van der Waals surface area contributed by atoms with Crippen molar-refractivity contribution in [2.45, 2.75) is 33.4 Å². The molecule has 0 aliphatic carbocycles. The number of amides is 1. The van der Waals surface area contributed by atoms with Crippen LogP contribution in [0.2, 0.25) is 0 Å². The van der Waals surface area contributed by atoms with E-state index < -0.39 is 0 Å². The van der Waals surface area contributed by atoms with Crippen molar-refractivity contribution in [3.63, 3.8) is 0 Å². The number of aryl methyl sites for hydroxylation is 1. The smallest absolute Gasteiger partial charge is 0.251 e. The molecule has 0 saturated carbocycles. The Labute approximate surface area is 165 Å². The molecule has 0 fully saturated rings. The molecule has 2 aromatic carbocycles. The van der Waals surface area contributed by atoms with Gasteiger partial charge in [-0.1, -0.05) is 36.4 Å². The maximum absolute atomic E-state index is 12.6. The minimum atomic E-state index is -0.139. The molecule has 1 heterocycles. The standard InChI is InChI=1S/C23H25N3O2/c1-16(2)28-21-11-7-6-10-20(21)26-22-14-18(12-13-24-22)23(27)25-15-19-9-5-4-8-17(19)3/h4-14,16H,15H2,1-3H3,(H,24,26)(H,25,27). The van der Waals surface area contributed by atoms with E-state index in [1.54, 1.807) is 18.3 Å². The number of para-hydroxylation sites is 2. The molecule has 0 aliphatic heterocycles. The summed E-state index contributed by atoms with van der Waals surface area (Å²) < 4.78 is 5.82. The van der Waals surface area contributed by atoms with E-state index in [-0.39, 0.29) is 12.0 Å². The van der Waals surface area contributed by atoms with Gasteiger partial charge in [0.1, 0.15) is 11.6 Å². The summed E-state index contributed by atoms with van der Waals surface area (Å²) in [7, 11) is 0. The maximum Gasteiger partial charge on any atom is 0.251 e. The van der Waals surface area contributed by atoms with Gasteiger partial charge < -0.3 is 15.4 Å². The molecule has 1 aromatic heterocycles. The Morgan fingerprint density at radius 1 is 1.07 bits per heavy atom. The molecule has 5 nitrogen and oxygen atoms in total. The van der Waals surface area contributed by atoms with Gasteiger partial charge in [0.2, 0.25) is 0 Å². The highest BCUT2D eigenvalue weighted by Gasteiger charge is 2.10. The highest BCUT2D eigenvalue weighted by Crippen LogP contribution is 2.27. The van der Waals surface area contributed by atoms with Gasteiger partial charge in [0.15, 0.2) is 0 Å². The molecule has 28 heavy (non-hydrogen) atoms. The van der Waals surface area contributed by atoms with E-state index in [0.717, 1.165) is 22.6 Å². The number of nitrogens with zero attached hydrogens (tertiary/aromatic N) is 1. The van der Waals surface area contributed by atoms with Gasteiger partial charge in [-0.2, -0.15) is 0 Å². The van der Waals surface area contributed by atoms with Crippen LogP contribution in [0.3, 0.4) is 0 Å². The molecule has 3 aromatic rings. The van der Waals surface area contributed by atoms with Crippen LogP contribution in [0.25, 0.3) is 0 Å². The summed E-state index contributed by atoms with van der Waals surface area (Å²) >= 11 is 0. The van der Waals surface area contributed by atoms with Gasteiger partial charge >= 0.3 is 0 Å². The number of hydrogen-bond acceptors (Lipinski definition) is 4. The summed E-state index contributed by atoms with van der Waals surface area (Å²) in [5, 5.41) is 6.21. The van der Waals surface area contributed by atoms with Gasteiger partial charge in [0.25, 0.3) is 5.91 Å². The van der Waals surface area contributed by atoms with Crippen molar-refractivity contribution < 1.29 is 9.53 Å². The molecule has 0 saturated heterocycles. The van der Waals surface area contributed by atoms with Crippen LogP contribution in [0.4, 0.5) is 11.5 Å². The van der Waals surface area contributed by atoms with Crippen molar-refractivity contribution in [2.24, 2.45) is 0 Å². The van der Waals surface area contributed by atoms with Gasteiger partial charge in [-0.15, -0.1) is 0 Å². The second-order valence-corrected chi connectivity index (χ2v) is 6.83. The molecule has 5 heteroatoms. The van der Waals surface area contributed by atoms with E-state index in [0.29, 0.717) is 17.9 Å². The Morgan fingerprint density at radius 2 is 1.82 bits per heavy atom. The number of rotatable bonds is 7. The lowest BCUT2D eigenvalue weighted by Crippen LogP contribution is -2.23. The summed E-state index contributed by atoms with van der Waals surface area (Å²) in [5.74, 6) is 1.19. The molecular formula is C23H25N3O2. The third kappa shape index (κ3) is 5.10. The minimum Gasteiger partial charge on any atom is -0.489 e. The number of hydrogen-bond donors (Lipinski definition) is 2. The SMILES string of the molecule is Cc1ccccc1CNC(=O)c1ccnc(Nc2ccccc2OC(C)C)c1. The lowest BCUT2D eigenvalue weighted by molar-refractivity contribution is 0.0951. The molecule has 1 amide bonds. The highest BCUT2D eigenvalue weighted by molar-refractivity contribution is 5.94. The summed E-state index contributed by atoms with van der Waals surface area (Å²) in [6, 6.07) is 19.1. The molecule has 0 spiro atoms. The fourth-order valence-electron chi connectivity index (χ4n) is 2.79. The van der Waals surface area contributed by atoms with Crippen LogP contribution in [0, 0.1) is 6.92 Å². The zero-order valence-corrected chi connectivity index (χ0v) is 16.4. The second kappa shape index (κ2) is 9.04. The van der Waals surface area contributed by atoms with Crippen molar-refractivity contribution in [2.75, 3.05) is 5.32 Å². The average Bonchev–Trinajstić information content (AvgIpc) is 2.68. The maximum atomic E-state index is 12.6. The van der Waals surface area contributed by atoms with E-state index in [9.17, 15) is 4.79 Å². The van der Waals surface area contributed by atoms with Gasteiger partial charge in [0.05, 0.1) is 11.8 Å². The van der Waals surface area contributed by atoms with Crippen LogP contribution in [0.1, 0.15) is 35.3 Å². The summed E-state index contributed by atoms with van der Waals surface area (Å²) in [4.78, 5) is 16.9. The number of ether oxygens (including phenoxy) is 1. The molecule has 144 valence electrons. The van der Waals surface area contributed by atoms with Crippen LogP contribution in [-0.4, -0.2) is 17.0 Å². The number of benzene rings is 2.